The topological polar surface area (TPSA) is 38.7 Å². The summed E-state index contributed by atoms with van der Waals surface area (Å²) in [5.41, 5.74) is 0.947. The van der Waals surface area contributed by atoms with Crippen molar-refractivity contribution in [3.63, 3.8) is 0 Å². The largest absolute Gasteiger partial charge is 0.490 e. The van der Waals surface area contributed by atoms with Crippen LogP contribution in [0.1, 0.15) is 57.1 Å². The van der Waals surface area contributed by atoms with E-state index in [0.717, 1.165) is 30.8 Å². The summed E-state index contributed by atoms with van der Waals surface area (Å²) < 4.78 is 12.2. The van der Waals surface area contributed by atoms with Gasteiger partial charge in [-0.15, -0.1) is 0 Å². The third-order valence-corrected chi connectivity index (χ3v) is 4.63. The molecule has 3 nitrogen and oxygen atoms in total. The lowest BCUT2D eigenvalue weighted by Crippen LogP contribution is -2.41. The van der Waals surface area contributed by atoms with E-state index in [-0.39, 0.29) is 11.7 Å². The third-order valence-electron chi connectivity index (χ3n) is 4.63. The van der Waals surface area contributed by atoms with E-state index in [1.807, 2.05) is 24.3 Å². The van der Waals surface area contributed by atoms with Crippen molar-refractivity contribution in [1.82, 2.24) is 0 Å². The molecule has 3 rings (SSSR count). The smallest absolute Gasteiger partial charge is 0.125 e. The van der Waals surface area contributed by atoms with Crippen molar-refractivity contribution in [3.8, 4) is 5.75 Å². The van der Waals surface area contributed by atoms with Crippen molar-refractivity contribution in [1.29, 1.82) is 0 Å². The molecule has 0 bridgehead atoms. The molecule has 1 aliphatic carbocycles. The summed E-state index contributed by atoms with van der Waals surface area (Å²) in [4.78, 5) is 0. The number of aliphatic hydroxyl groups is 1. The molecule has 110 valence electrons. The van der Waals surface area contributed by atoms with Crippen molar-refractivity contribution >= 4 is 0 Å². The number of aliphatic hydroxyl groups excluding tert-OH is 1. The number of para-hydroxylation sites is 1. The fourth-order valence-corrected chi connectivity index (χ4v) is 3.56. The Morgan fingerprint density at radius 2 is 2.05 bits per heavy atom. The van der Waals surface area contributed by atoms with E-state index in [4.69, 9.17) is 9.47 Å². The van der Waals surface area contributed by atoms with Crippen LogP contribution in [-0.4, -0.2) is 23.4 Å². The molecule has 3 heteroatoms. The van der Waals surface area contributed by atoms with Crippen LogP contribution in [0.3, 0.4) is 0 Å². The molecule has 20 heavy (non-hydrogen) atoms. The van der Waals surface area contributed by atoms with E-state index in [1.165, 1.54) is 25.7 Å². The second-order valence-corrected chi connectivity index (χ2v) is 6.19. The van der Waals surface area contributed by atoms with E-state index in [9.17, 15) is 5.11 Å². The van der Waals surface area contributed by atoms with Gasteiger partial charge in [0.25, 0.3) is 0 Å². The molecule has 1 N–H and O–H groups in total. The van der Waals surface area contributed by atoms with Gasteiger partial charge in [0.05, 0.1) is 18.3 Å². The van der Waals surface area contributed by atoms with E-state index in [2.05, 4.69) is 0 Å². The minimum absolute atomic E-state index is 0.0721. The molecule has 1 aromatic rings. The molecule has 2 unspecified atom stereocenters. The molecule has 1 saturated heterocycles. The second kappa shape index (κ2) is 5.74. The highest BCUT2D eigenvalue weighted by Crippen LogP contribution is 2.41. The van der Waals surface area contributed by atoms with Crippen LogP contribution in [0, 0.1) is 0 Å². The fraction of sp³-hybridized carbons (Fsp3) is 0.647. The van der Waals surface area contributed by atoms with Gasteiger partial charge in [0, 0.05) is 18.4 Å². The van der Waals surface area contributed by atoms with Crippen LogP contribution in [0.2, 0.25) is 0 Å². The average molecular weight is 276 g/mol. The maximum Gasteiger partial charge on any atom is 0.125 e. The molecule has 1 aromatic carbocycles. The van der Waals surface area contributed by atoms with E-state index in [1.54, 1.807) is 6.92 Å². The SMILES string of the molecule is CC(O)c1ccccc1OC1CCOC2(CCCC2)C1. The highest BCUT2D eigenvalue weighted by molar-refractivity contribution is 5.35. The Morgan fingerprint density at radius 1 is 1.30 bits per heavy atom. The van der Waals surface area contributed by atoms with Crippen molar-refractivity contribution in [2.45, 2.75) is 63.3 Å². The summed E-state index contributed by atoms with van der Waals surface area (Å²) in [6.07, 6.45) is 6.54. The predicted molar refractivity (Wildman–Crippen MR) is 77.9 cm³/mol. The first-order valence-corrected chi connectivity index (χ1v) is 7.76. The number of ether oxygens (including phenoxy) is 2. The van der Waals surface area contributed by atoms with Crippen LogP contribution in [-0.2, 0) is 4.74 Å². The Kier molecular flexibility index (Phi) is 3.99. The van der Waals surface area contributed by atoms with Crippen molar-refractivity contribution in [2.24, 2.45) is 0 Å². The van der Waals surface area contributed by atoms with Crippen LogP contribution < -0.4 is 4.74 Å². The van der Waals surface area contributed by atoms with Gasteiger partial charge in [0.2, 0.25) is 0 Å². The quantitative estimate of drug-likeness (QED) is 0.916. The van der Waals surface area contributed by atoms with Crippen LogP contribution >= 0.6 is 0 Å². The number of hydrogen-bond donors (Lipinski definition) is 1. The van der Waals surface area contributed by atoms with Crippen molar-refractivity contribution < 1.29 is 14.6 Å². The molecule has 2 atom stereocenters. The van der Waals surface area contributed by atoms with Gasteiger partial charge in [-0.3, -0.25) is 0 Å². The van der Waals surface area contributed by atoms with Gasteiger partial charge in [-0.05, 0) is 25.8 Å². The number of rotatable bonds is 3. The second-order valence-electron chi connectivity index (χ2n) is 6.19. The normalized spacial score (nSPS) is 26.6. The Bertz CT molecular complexity index is 449. The van der Waals surface area contributed by atoms with Gasteiger partial charge < -0.3 is 14.6 Å². The Hall–Kier alpha value is -1.06. The highest BCUT2D eigenvalue weighted by Gasteiger charge is 2.40. The van der Waals surface area contributed by atoms with Gasteiger partial charge in [0.15, 0.2) is 0 Å². The first-order valence-electron chi connectivity index (χ1n) is 7.76. The highest BCUT2D eigenvalue weighted by atomic mass is 16.5. The van der Waals surface area contributed by atoms with Crippen molar-refractivity contribution in [2.75, 3.05) is 6.61 Å². The van der Waals surface area contributed by atoms with E-state index >= 15 is 0 Å². The molecular formula is C17H24O3. The minimum atomic E-state index is -0.494. The monoisotopic (exact) mass is 276 g/mol. The molecule has 1 heterocycles. The van der Waals surface area contributed by atoms with Gasteiger partial charge in [0.1, 0.15) is 11.9 Å². The molecular weight excluding hydrogens is 252 g/mol. The maximum absolute atomic E-state index is 9.83. The number of benzene rings is 1. The van der Waals surface area contributed by atoms with Gasteiger partial charge in [-0.2, -0.15) is 0 Å². The summed E-state index contributed by atoms with van der Waals surface area (Å²) in [6.45, 7) is 2.58. The molecule has 0 aromatic heterocycles. The first kappa shape index (κ1) is 13.9. The lowest BCUT2D eigenvalue weighted by molar-refractivity contribution is -0.108. The zero-order valence-electron chi connectivity index (χ0n) is 12.2. The lowest BCUT2D eigenvalue weighted by Gasteiger charge is -2.38. The third kappa shape index (κ3) is 2.84. The Labute approximate surface area is 120 Å². The molecule has 2 fully saturated rings. The average Bonchev–Trinajstić information content (AvgIpc) is 2.87. The number of hydrogen-bond acceptors (Lipinski definition) is 3. The Balaban J connectivity index is 1.71. The lowest BCUT2D eigenvalue weighted by atomic mass is 9.90. The molecule has 0 amide bonds. The summed E-state index contributed by atoms with van der Waals surface area (Å²) in [5, 5.41) is 9.83. The fourth-order valence-electron chi connectivity index (χ4n) is 3.56. The zero-order chi connectivity index (χ0) is 14.0. The zero-order valence-corrected chi connectivity index (χ0v) is 12.2. The molecule has 1 saturated carbocycles. The van der Waals surface area contributed by atoms with Crippen molar-refractivity contribution in [3.05, 3.63) is 29.8 Å². The minimum Gasteiger partial charge on any atom is -0.490 e. The van der Waals surface area contributed by atoms with Crippen LogP contribution in [0.4, 0.5) is 0 Å². The van der Waals surface area contributed by atoms with Crippen LogP contribution in [0.15, 0.2) is 24.3 Å². The van der Waals surface area contributed by atoms with E-state index in [0.29, 0.717) is 0 Å². The van der Waals surface area contributed by atoms with Crippen LogP contribution in [0.5, 0.6) is 5.75 Å². The molecule has 1 aliphatic heterocycles. The van der Waals surface area contributed by atoms with Crippen LogP contribution in [0.25, 0.3) is 0 Å². The molecule has 0 radical (unpaired) electrons. The molecule has 2 aliphatic rings. The standard InChI is InChI=1S/C17H24O3/c1-13(18)15-6-2-3-7-16(15)20-14-8-11-19-17(12-14)9-4-5-10-17/h2-3,6-7,13-14,18H,4-5,8-12H2,1H3. The van der Waals surface area contributed by atoms with Gasteiger partial charge in [-0.25, -0.2) is 0 Å². The van der Waals surface area contributed by atoms with E-state index < -0.39 is 6.10 Å². The Morgan fingerprint density at radius 3 is 2.80 bits per heavy atom. The first-order chi connectivity index (χ1) is 9.69. The summed E-state index contributed by atoms with van der Waals surface area (Å²) in [6, 6.07) is 7.80. The summed E-state index contributed by atoms with van der Waals surface area (Å²) in [5.74, 6) is 0.822. The maximum atomic E-state index is 9.83. The summed E-state index contributed by atoms with van der Waals surface area (Å²) in [7, 11) is 0. The summed E-state index contributed by atoms with van der Waals surface area (Å²) >= 11 is 0. The van der Waals surface area contributed by atoms with Gasteiger partial charge >= 0.3 is 0 Å². The predicted octanol–water partition coefficient (Wildman–Crippen LogP) is 3.61. The van der Waals surface area contributed by atoms with Gasteiger partial charge in [-0.1, -0.05) is 31.0 Å². The molecule has 1 spiro atoms.